The molecule has 0 radical (unpaired) electrons. The van der Waals surface area contributed by atoms with Crippen LogP contribution in [0.5, 0.6) is 5.75 Å². The largest absolute Gasteiger partial charge is 0.496 e. The topological polar surface area (TPSA) is 50.3 Å². The van der Waals surface area contributed by atoms with Gasteiger partial charge in [0.15, 0.2) is 0 Å². The Morgan fingerprint density at radius 3 is 2.64 bits per heavy atom. The number of nitrogens with one attached hydrogen (secondary N) is 1. The van der Waals surface area contributed by atoms with Crippen molar-refractivity contribution in [3.05, 3.63) is 77.2 Å². The van der Waals surface area contributed by atoms with Gasteiger partial charge in [0.2, 0.25) is 0 Å². The van der Waals surface area contributed by atoms with Crippen molar-refractivity contribution in [1.82, 2.24) is 20.2 Å². The van der Waals surface area contributed by atoms with Crippen LogP contribution in [0.15, 0.2) is 48.7 Å². The minimum atomic E-state index is -0.551. The molecule has 1 atom stereocenters. The molecule has 174 valence electrons. The number of piperazine rings is 1. The highest BCUT2D eigenvalue weighted by molar-refractivity contribution is 5.68. The predicted molar refractivity (Wildman–Crippen MR) is 125 cm³/mol. The van der Waals surface area contributed by atoms with Crippen LogP contribution in [0.4, 0.5) is 8.78 Å². The molecule has 1 aromatic heterocycles. The Balaban J connectivity index is 1.48. The number of hydrogen-bond donors (Lipinski definition) is 1. The third-order valence-electron chi connectivity index (χ3n) is 6.06. The number of nitrogens with zero attached hydrogens (tertiary/aromatic N) is 3. The summed E-state index contributed by atoms with van der Waals surface area (Å²) in [5, 5.41) is 3.43. The molecule has 1 fully saturated rings. The van der Waals surface area contributed by atoms with E-state index in [2.05, 4.69) is 34.3 Å². The molecule has 7 heteroatoms. The number of ether oxygens (including phenoxy) is 1. The lowest BCUT2D eigenvalue weighted by Crippen LogP contribution is -2.49. The van der Waals surface area contributed by atoms with Crippen LogP contribution < -0.4 is 10.1 Å². The minimum absolute atomic E-state index is 0.488. The molecule has 2 heterocycles. The van der Waals surface area contributed by atoms with E-state index < -0.39 is 11.6 Å². The van der Waals surface area contributed by atoms with Crippen LogP contribution in [0.25, 0.3) is 11.3 Å². The van der Waals surface area contributed by atoms with Gasteiger partial charge in [0.1, 0.15) is 23.2 Å². The molecule has 3 aromatic rings. The van der Waals surface area contributed by atoms with Crippen molar-refractivity contribution in [1.29, 1.82) is 0 Å². The van der Waals surface area contributed by atoms with Crippen molar-refractivity contribution in [2.75, 3.05) is 26.7 Å². The minimum Gasteiger partial charge on any atom is -0.496 e. The van der Waals surface area contributed by atoms with Crippen LogP contribution in [0.2, 0.25) is 0 Å². The molecule has 0 amide bonds. The third kappa shape index (κ3) is 6.12. The second kappa shape index (κ2) is 10.8. The molecule has 5 nitrogen and oxygen atoms in total. The SMILES string of the molecule is COc1ccc(CN2CCNC[C@@H]2C)cc1-c1ccnc(CCCc2cc(F)cc(F)c2)n1. The number of rotatable bonds is 8. The van der Waals surface area contributed by atoms with E-state index in [1.807, 2.05) is 12.1 Å². The zero-order chi connectivity index (χ0) is 23.2. The molecule has 2 aromatic carbocycles. The van der Waals surface area contributed by atoms with Crippen LogP contribution in [0.3, 0.4) is 0 Å². The molecule has 0 spiro atoms. The number of methoxy groups -OCH3 is 1. The van der Waals surface area contributed by atoms with Crippen LogP contribution in [0.1, 0.15) is 30.3 Å². The zero-order valence-electron chi connectivity index (χ0n) is 19.2. The molecule has 1 aliphatic heterocycles. The van der Waals surface area contributed by atoms with Gasteiger partial charge < -0.3 is 10.1 Å². The molecule has 1 saturated heterocycles. The van der Waals surface area contributed by atoms with Gasteiger partial charge in [-0.05, 0) is 61.2 Å². The van der Waals surface area contributed by atoms with Crippen LogP contribution in [-0.4, -0.2) is 47.7 Å². The smallest absolute Gasteiger partial charge is 0.128 e. The summed E-state index contributed by atoms with van der Waals surface area (Å²) >= 11 is 0. The maximum absolute atomic E-state index is 13.4. The molecular formula is C26H30F2N4O. The maximum atomic E-state index is 13.4. The quantitative estimate of drug-likeness (QED) is 0.549. The maximum Gasteiger partial charge on any atom is 0.128 e. The molecule has 33 heavy (non-hydrogen) atoms. The van der Waals surface area contributed by atoms with Gasteiger partial charge in [-0.3, -0.25) is 4.90 Å². The standard InChI is InChI=1S/C26H30F2N4O/c1-18-16-29-10-11-32(18)17-20-6-7-25(33-2)23(14-20)24-8-9-30-26(31-24)5-3-4-19-12-21(27)15-22(28)13-19/h6-9,12-15,18,29H,3-5,10-11,16-17H2,1-2H3/t18-/m0/s1. The van der Waals surface area contributed by atoms with Crippen LogP contribution in [0, 0.1) is 11.6 Å². The Hall–Kier alpha value is -2.90. The van der Waals surface area contributed by atoms with Gasteiger partial charge in [-0.25, -0.2) is 18.7 Å². The van der Waals surface area contributed by atoms with E-state index in [4.69, 9.17) is 9.72 Å². The van der Waals surface area contributed by atoms with E-state index in [0.717, 1.165) is 49.3 Å². The fourth-order valence-corrected chi connectivity index (χ4v) is 4.28. The van der Waals surface area contributed by atoms with Gasteiger partial charge in [0.05, 0.1) is 12.8 Å². The van der Waals surface area contributed by atoms with E-state index in [-0.39, 0.29) is 0 Å². The zero-order valence-corrected chi connectivity index (χ0v) is 19.2. The number of hydrogen-bond acceptors (Lipinski definition) is 5. The van der Waals surface area contributed by atoms with Gasteiger partial charge >= 0.3 is 0 Å². The molecule has 4 rings (SSSR count). The molecule has 0 unspecified atom stereocenters. The Bertz CT molecular complexity index is 1070. The third-order valence-corrected chi connectivity index (χ3v) is 6.06. The number of halogens is 2. The molecule has 0 aliphatic carbocycles. The Morgan fingerprint density at radius 1 is 1.06 bits per heavy atom. The molecule has 1 aliphatic rings. The van der Waals surface area contributed by atoms with Crippen molar-refractivity contribution in [3.63, 3.8) is 0 Å². The average molecular weight is 453 g/mol. The molecular weight excluding hydrogens is 422 g/mol. The van der Waals surface area contributed by atoms with E-state index in [1.54, 1.807) is 13.3 Å². The van der Waals surface area contributed by atoms with Crippen molar-refractivity contribution >= 4 is 0 Å². The summed E-state index contributed by atoms with van der Waals surface area (Å²) in [5.41, 5.74) is 3.60. The summed E-state index contributed by atoms with van der Waals surface area (Å²) in [6, 6.07) is 12.3. The van der Waals surface area contributed by atoms with Crippen molar-refractivity contribution < 1.29 is 13.5 Å². The summed E-state index contributed by atoms with van der Waals surface area (Å²) < 4.78 is 32.4. The Labute approximate surface area is 193 Å². The Morgan fingerprint density at radius 2 is 1.88 bits per heavy atom. The normalized spacial score (nSPS) is 16.7. The monoisotopic (exact) mass is 452 g/mol. The van der Waals surface area contributed by atoms with E-state index in [9.17, 15) is 8.78 Å². The molecule has 0 bridgehead atoms. The summed E-state index contributed by atoms with van der Waals surface area (Å²) in [6.07, 6.45) is 3.63. The first-order valence-electron chi connectivity index (χ1n) is 11.4. The van der Waals surface area contributed by atoms with Gasteiger partial charge in [0, 0.05) is 56.5 Å². The fraction of sp³-hybridized carbons (Fsp3) is 0.385. The number of aryl methyl sites for hydroxylation is 2. The lowest BCUT2D eigenvalue weighted by molar-refractivity contribution is 0.165. The highest BCUT2D eigenvalue weighted by Gasteiger charge is 2.19. The van der Waals surface area contributed by atoms with Gasteiger partial charge in [-0.1, -0.05) is 6.07 Å². The van der Waals surface area contributed by atoms with Crippen molar-refractivity contribution in [2.24, 2.45) is 0 Å². The lowest BCUT2D eigenvalue weighted by atomic mass is 10.0. The van der Waals surface area contributed by atoms with Crippen LogP contribution >= 0.6 is 0 Å². The highest BCUT2D eigenvalue weighted by Crippen LogP contribution is 2.30. The lowest BCUT2D eigenvalue weighted by Gasteiger charge is -2.34. The van der Waals surface area contributed by atoms with Gasteiger partial charge in [-0.2, -0.15) is 0 Å². The summed E-state index contributed by atoms with van der Waals surface area (Å²) in [7, 11) is 1.66. The van der Waals surface area contributed by atoms with Crippen molar-refractivity contribution in [3.8, 4) is 17.0 Å². The first kappa shape index (κ1) is 23.3. The van der Waals surface area contributed by atoms with Gasteiger partial charge in [0.25, 0.3) is 0 Å². The van der Waals surface area contributed by atoms with Gasteiger partial charge in [-0.15, -0.1) is 0 Å². The second-order valence-electron chi connectivity index (χ2n) is 8.55. The highest BCUT2D eigenvalue weighted by atomic mass is 19.1. The average Bonchev–Trinajstić information content (AvgIpc) is 2.80. The number of aromatic nitrogens is 2. The first-order valence-corrected chi connectivity index (χ1v) is 11.4. The predicted octanol–water partition coefficient (Wildman–Crippen LogP) is 4.40. The first-order chi connectivity index (χ1) is 16.0. The number of benzene rings is 2. The van der Waals surface area contributed by atoms with E-state index in [1.165, 1.54) is 17.7 Å². The second-order valence-corrected chi connectivity index (χ2v) is 8.55. The summed E-state index contributed by atoms with van der Waals surface area (Å²) in [4.78, 5) is 11.6. The fourth-order valence-electron chi connectivity index (χ4n) is 4.28. The van der Waals surface area contributed by atoms with Crippen LogP contribution in [-0.2, 0) is 19.4 Å². The van der Waals surface area contributed by atoms with Crippen molar-refractivity contribution in [2.45, 2.75) is 38.8 Å². The summed E-state index contributed by atoms with van der Waals surface area (Å²) in [6.45, 7) is 6.15. The van der Waals surface area contributed by atoms with E-state index >= 15 is 0 Å². The molecule has 0 saturated carbocycles. The Kier molecular flexibility index (Phi) is 7.62. The van der Waals surface area contributed by atoms with E-state index in [0.29, 0.717) is 36.7 Å². The summed E-state index contributed by atoms with van der Waals surface area (Å²) in [5.74, 6) is 0.371. The molecule has 1 N–H and O–H groups in total.